The zero-order valence-corrected chi connectivity index (χ0v) is 13.3. The Morgan fingerprint density at radius 1 is 1.14 bits per heavy atom. The lowest BCUT2D eigenvalue weighted by atomic mass is 10.2. The number of esters is 1. The van der Waals surface area contributed by atoms with Crippen LogP contribution < -0.4 is 5.32 Å². The second kappa shape index (κ2) is 7.66. The van der Waals surface area contributed by atoms with Gasteiger partial charge in [-0.25, -0.2) is 4.79 Å². The number of ether oxygens (including phenoxy) is 1. The summed E-state index contributed by atoms with van der Waals surface area (Å²) < 4.78 is 4.74. The Bertz CT molecular complexity index is 685. The van der Waals surface area contributed by atoms with Crippen molar-refractivity contribution in [2.24, 2.45) is 0 Å². The highest BCUT2D eigenvalue weighted by Crippen LogP contribution is 2.23. The first-order valence-electron chi connectivity index (χ1n) is 6.77. The minimum atomic E-state index is -0.401. The van der Waals surface area contributed by atoms with Crippen molar-refractivity contribution in [1.82, 2.24) is 0 Å². The average Bonchev–Trinajstić information content (AvgIpc) is 2.52. The Morgan fingerprint density at radius 2 is 1.91 bits per heavy atom. The molecule has 0 radical (unpaired) electrons. The molecular formula is C17H17NO3S. The van der Waals surface area contributed by atoms with Crippen molar-refractivity contribution in [3.8, 4) is 0 Å². The predicted molar refractivity (Wildman–Crippen MR) is 88.3 cm³/mol. The molecule has 114 valence electrons. The summed E-state index contributed by atoms with van der Waals surface area (Å²) in [6.07, 6.45) is 0. The van der Waals surface area contributed by atoms with E-state index in [0.717, 1.165) is 16.1 Å². The van der Waals surface area contributed by atoms with Crippen LogP contribution in [-0.2, 0) is 9.53 Å². The van der Waals surface area contributed by atoms with Gasteiger partial charge in [0.05, 0.1) is 18.4 Å². The van der Waals surface area contributed by atoms with Crippen LogP contribution in [0.3, 0.4) is 0 Å². The molecule has 0 fully saturated rings. The van der Waals surface area contributed by atoms with Gasteiger partial charge in [0.25, 0.3) is 0 Å². The largest absolute Gasteiger partial charge is 0.465 e. The fourth-order valence-corrected chi connectivity index (χ4v) is 2.77. The van der Waals surface area contributed by atoms with Gasteiger partial charge in [-0.05, 0) is 36.8 Å². The van der Waals surface area contributed by atoms with Gasteiger partial charge in [-0.3, -0.25) is 4.79 Å². The van der Waals surface area contributed by atoms with E-state index in [0.29, 0.717) is 5.56 Å². The molecule has 0 heterocycles. The monoisotopic (exact) mass is 315 g/mol. The molecule has 22 heavy (non-hydrogen) atoms. The molecule has 0 atom stereocenters. The van der Waals surface area contributed by atoms with Crippen molar-refractivity contribution in [2.45, 2.75) is 11.8 Å². The number of methoxy groups -OCH3 is 1. The molecule has 2 aromatic rings. The second-order valence-electron chi connectivity index (χ2n) is 4.69. The van der Waals surface area contributed by atoms with Gasteiger partial charge in [-0.15, -0.1) is 11.8 Å². The first kappa shape index (κ1) is 16.1. The zero-order chi connectivity index (χ0) is 15.9. The molecule has 0 aliphatic rings. The third-order valence-electron chi connectivity index (χ3n) is 2.95. The quantitative estimate of drug-likeness (QED) is 0.677. The molecule has 0 aliphatic carbocycles. The van der Waals surface area contributed by atoms with Crippen LogP contribution in [-0.4, -0.2) is 24.7 Å². The van der Waals surface area contributed by atoms with Crippen LogP contribution in [0.1, 0.15) is 15.9 Å². The number of aryl methyl sites for hydroxylation is 1. The summed E-state index contributed by atoms with van der Waals surface area (Å²) in [7, 11) is 1.34. The van der Waals surface area contributed by atoms with Crippen LogP contribution in [0, 0.1) is 6.92 Å². The Labute approximate surface area is 133 Å². The van der Waals surface area contributed by atoms with Crippen molar-refractivity contribution in [2.75, 3.05) is 18.2 Å². The lowest BCUT2D eigenvalue weighted by Crippen LogP contribution is -2.14. The summed E-state index contributed by atoms with van der Waals surface area (Å²) >= 11 is 1.31. The van der Waals surface area contributed by atoms with E-state index in [4.69, 9.17) is 4.74 Å². The normalized spacial score (nSPS) is 10.1. The van der Waals surface area contributed by atoms with Gasteiger partial charge < -0.3 is 10.1 Å². The molecule has 2 aromatic carbocycles. The van der Waals surface area contributed by atoms with E-state index in [9.17, 15) is 9.59 Å². The van der Waals surface area contributed by atoms with Crippen molar-refractivity contribution in [3.63, 3.8) is 0 Å². The summed E-state index contributed by atoms with van der Waals surface area (Å²) in [5.74, 6) is -0.292. The number of carbonyl (C=O) groups is 2. The molecule has 2 rings (SSSR count). The minimum Gasteiger partial charge on any atom is -0.465 e. The molecule has 0 aromatic heterocycles. The fraction of sp³-hybridized carbons (Fsp3) is 0.176. The molecule has 0 aliphatic heterocycles. The first-order valence-corrected chi connectivity index (χ1v) is 7.75. The number of hydrogen-bond acceptors (Lipinski definition) is 4. The first-order chi connectivity index (χ1) is 10.6. The topological polar surface area (TPSA) is 55.4 Å². The zero-order valence-electron chi connectivity index (χ0n) is 12.5. The van der Waals surface area contributed by atoms with Gasteiger partial charge in [0.1, 0.15) is 0 Å². The number of hydrogen-bond donors (Lipinski definition) is 1. The molecule has 1 amide bonds. The number of anilines is 1. The van der Waals surface area contributed by atoms with E-state index < -0.39 is 5.97 Å². The predicted octanol–water partition coefficient (Wildman–Crippen LogP) is 3.51. The third kappa shape index (κ3) is 4.36. The van der Waals surface area contributed by atoms with Gasteiger partial charge in [0.2, 0.25) is 5.91 Å². The highest BCUT2D eigenvalue weighted by Gasteiger charge is 2.12. The maximum atomic E-state index is 12.0. The van der Waals surface area contributed by atoms with Gasteiger partial charge in [-0.1, -0.05) is 24.3 Å². The van der Waals surface area contributed by atoms with Gasteiger partial charge in [-0.2, -0.15) is 0 Å². The lowest BCUT2D eigenvalue weighted by molar-refractivity contribution is -0.113. The molecule has 0 spiro atoms. The van der Waals surface area contributed by atoms with E-state index in [1.165, 1.54) is 18.9 Å². The Balaban J connectivity index is 1.98. The molecule has 1 N–H and O–H groups in total. The molecule has 0 saturated heterocycles. The number of carbonyl (C=O) groups excluding carboxylic acids is 2. The summed E-state index contributed by atoms with van der Waals surface area (Å²) in [4.78, 5) is 24.4. The van der Waals surface area contributed by atoms with Gasteiger partial charge in [0.15, 0.2) is 0 Å². The van der Waals surface area contributed by atoms with Crippen LogP contribution in [0.25, 0.3) is 0 Å². The summed E-state index contributed by atoms with van der Waals surface area (Å²) in [5.41, 5.74) is 2.33. The number of nitrogens with one attached hydrogen (secondary N) is 1. The second-order valence-corrected chi connectivity index (χ2v) is 5.71. The van der Waals surface area contributed by atoms with E-state index in [1.807, 2.05) is 37.3 Å². The highest BCUT2D eigenvalue weighted by molar-refractivity contribution is 8.00. The number of amides is 1. The molecule has 0 bridgehead atoms. The van der Waals surface area contributed by atoms with Gasteiger partial charge >= 0.3 is 5.97 Å². The molecule has 0 saturated carbocycles. The summed E-state index contributed by atoms with van der Waals surface area (Å²) in [6.45, 7) is 1.97. The smallest absolute Gasteiger partial charge is 0.338 e. The van der Waals surface area contributed by atoms with Crippen LogP contribution >= 0.6 is 11.8 Å². The Kier molecular flexibility index (Phi) is 5.61. The van der Waals surface area contributed by atoms with E-state index >= 15 is 0 Å². The van der Waals surface area contributed by atoms with E-state index in [2.05, 4.69) is 5.32 Å². The highest BCUT2D eigenvalue weighted by atomic mass is 32.2. The molecule has 4 nitrogen and oxygen atoms in total. The average molecular weight is 315 g/mol. The molecule has 0 unspecified atom stereocenters. The molecular weight excluding hydrogens is 298 g/mol. The summed E-state index contributed by atoms with van der Waals surface area (Å²) in [5, 5.41) is 2.84. The Morgan fingerprint density at radius 3 is 2.64 bits per heavy atom. The van der Waals surface area contributed by atoms with E-state index in [-0.39, 0.29) is 11.7 Å². The third-order valence-corrected chi connectivity index (χ3v) is 4.03. The minimum absolute atomic E-state index is 0.115. The Hall–Kier alpha value is -2.27. The number of benzene rings is 2. The van der Waals surface area contributed by atoms with Crippen molar-refractivity contribution in [3.05, 3.63) is 59.7 Å². The molecule has 5 heteroatoms. The van der Waals surface area contributed by atoms with Gasteiger partial charge in [0, 0.05) is 10.6 Å². The van der Waals surface area contributed by atoms with Crippen LogP contribution in [0.5, 0.6) is 0 Å². The fourth-order valence-electron chi connectivity index (χ4n) is 1.93. The summed E-state index contributed by atoms with van der Waals surface area (Å²) in [6, 6.07) is 14.7. The maximum absolute atomic E-state index is 12.0. The van der Waals surface area contributed by atoms with E-state index in [1.54, 1.807) is 18.2 Å². The van der Waals surface area contributed by atoms with Crippen LogP contribution in [0.4, 0.5) is 5.69 Å². The SMILES string of the molecule is COC(=O)c1ccccc1SCC(=O)Nc1cccc(C)c1. The lowest BCUT2D eigenvalue weighted by Gasteiger charge is -2.08. The van der Waals surface area contributed by atoms with Crippen molar-refractivity contribution < 1.29 is 14.3 Å². The number of thioether (sulfide) groups is 1. The maximum Gasteiger partial charge on any atom is 0.338 e. The van der Waals surface area contributed by atoms with Crippen LogP contribution in [0.15, 0.2) is 53.4 Å². The van der Waals surface area contributed by atoms with Crippen LogP contribution in [0.2, 0.25) is 0 Å². The van der Waals surface area contributed by atoms with Crippen molar-refractivity contribution in [1.29, 1.82) is 0 Å². The standard InChI is InChI=1S/C17H17NO3S/c1-12-6-5-7-13(10-12)18-16(19)11-22-15-9-4-3-8-14(15)17(20)21-2/h3-10H,11H2,1-2H3,(H,18,19). The number of rotatable bonds is 5. The van der Waals surface area contributed by atoms with Crippen molar-refractivity contribution >= 4 is 29.3 Å².